The first-order chi connectivity index (χ1) is 9.15. The fourth-order valence-electron chi connectivity index (χ4n) is 3.67. The van der Waals surface area contributed by atoms with Crippen LogP contribution in [-0.4, -0.2) is 11.3 Å². The van der Waals surface area contributed by atoms with Gasteiger partial charge in [-0.2, -0.15) is 0 Å². The Bertz CT molecular complexity index is 420. The van der Waals surface area contributed by atoms with Crippen LogP contribution in [-0.2, 0) is 6.42 Å². The van der Waals surface area contributed by atoms with Crippen molar-refractivity contribution in [2.45, 2.75) is 55.7 Å². The molecule has 1 aromatic rings. The molecule has 1 aliphatic carbocycles. The van der Waals surface area contributed by atoms with E-state index in [0.717, 1.165) is 17.8 Å². The molecular weight excluding hydrogens is 250 g/mol. The number of fused-ring (bicyclic) bond motifs is 1. The smallest absolute Gasteiger partial charge is 0.0289 e. The Morgan fingerprint density at radius 3 is 2.68 bits per heavy atom. The molecule has 0 radical (unpaired) electrons. The third-order valence-electron chi connectivity index (χ3n) is 5.28. The van der Waals surface area contributed by atoms with E-state index in [1.54, 1.807) is 0 Å². The molecule has 5 atom stereocenters. The Morgan fingerprint density at radius 2 is 1.95 bits per heavy atom. The van der Waals surface area contributed by atoms with E-state index in [9.17, 15) is 0 Å². The SMILES string of the molecule is CC1CCC(C(N)C2Cc3ccccc3S2)CC1C. The normalized spacial score (nSPS) is 35.9. The standard InChI is InChI=1S/C17H25NS/c1-11-7-8-14(9-12(11)2)17(18)16-10-13-5-3-4-6-15(13)19-16/h3-6,11-12,14,16-17H,7-10,18H2,1-2H3. The molecule has 1 nitrogen and oxygen atoms in total. The Labute approximate surface area is 121 Å². The summed E-state index contributed by atoms with van der Waals surface area (Å²) in [6.07, 6.45) is 5.20. The summed E-state index contributed by atoms with van der Waals surface area (Å²) in [5.41, 5.74) is 8.12. The third kappa shape index (κ3) is 2.71. The van der Waals surface area contributed by atoms with Crippen LogP contribution in [0.5, 0.6) is 0 Å². The molecule has 5 unspecified atom stereocenters. The summed E-state index contributed by atoms with van der Waals surface area (Å²) in [7, 11) is 0. The zero-order valence-electron chi connectivity index (χ0n) is 12.0. The summed E-state index contributed by atoms with van der Waals surface area (Å²) < 4.78 is 0. The van der Waals surface area contributed by atoms with E-state index in [4.69, 9.17) is 5.73 Å². The van der Waals surface area contributed by atoms with E-state index in [0.29, 0.717) is 11.3 Å². The van der Waals surface area contributed by atoms with Gasteiger partial charge >= 0.3 is 0 Å². The second-order valence-corrected chi connectivity index (χ2v) is 7.85. The van der Waals surface area contributed by atoms with E-state index in [-0.39, 0.29) is 0 Å². The maximum Gasteiger partial charge on any atom is 0.0289 e. The van der Waals surface area contributed by atoms with Gasteiger partial charge in [0.15, 0.2) is 0 Å². The largest absolute Gasteiger partial charge is 0.326 e. The number of rotatable bonds is 2. The Balaban J connectivity index is 1.65. The van der Waals surface area contributed by atoms with Gasteiger partial charge in [0.1, 0.15) is 0 Å². The van der Waals surface area contributed by atoms with Gasteiger partial charge in [0.2, 0.25) is 0 Å². The van der Waals surface area contributed by atoms with Gasteiger partial charge in [-0.05, 0) is 48.6 Å². The van der Waals surface area contributed by atoms with Crippen molar-refractivity contribution in [3.05, 3.63) is 29.8 Å². The predicted molar refractivity (Wildman–Crippen MR) is 83.4 cm³/mol. The molecule has 1 aromatic carbocycles. The van der Waals surface area contributed by atoms with E-state index in [1.807, 2.05) is 11.8 Å². The maximum absolute atomic E-state index is 6.62. The van der Waals surface area contributed by atoms with Crippen molar-refractivity contribution in [3.8, 4) is 0 Å². The molecule has 104 valence electrons. The lowest BCUT2D eigenvalue weighted by Gasteiger charge is -2.37. The lowest BCUT2D eigenvalue weighted by Crippen LogP contribution is -2.42. The fraction of sp³-hybridized carbons (Fsp3) is 0.647. The quantitative estimate of drug-likeness (QED) is 0.879. The van der Waals surface area contributed by atoms with Gasteiger partial charge in [0.05, 0.1) is 0 Å². The summed E-state index contributed by atoms with van der Waals surface area (Å²) in [6.45, 7) is 4.80. The van der Waals surface area contributed by atoms with E-state index < -0.39 is 0 Å². The highest BCUT2D eigenvalue weighted by atomic mass is 32.2. The molecule has 1 fully saturated rings. The van der Waals surface area contributed by atoms with Crippen molar-refractivity contribution in [3.63, 3.8) is 0 Å². The Kier molecular flexibility index (Phi) is 3.91. The van der Waals surface area contributed by atoms with Crippen molar-refractivity contribution in [2.24, 2.45) is 23.5 Å². The van der Waals surface area contributed by atoms with Crippen molar-refractivity contribution in [1.29, 1.82) is 0 Å². The van der Waals surface area contributed by atoms with Crippen LogP contribution in [0, 0.1) is 17.8 Å². The predicted octanol–water partition coefficient (Wildman–Crippen LogP) is 4.10. The molecule has 0 spiro atoms. The second kappa shape index (κ2) is 5.49. The van der Waals surface area contributed by atoms with Gasteiger partial charge in [-0.1, -0.05) is 38.5 Å². The third-order valence-corrected chi connectivity index (χ3v) is 6.72. The molecule has 1 saturated carbocycles. The fourth-order valence-corrected chi connectivity index (χ4v) is 5.09. The van der Waals surface area contributed by atoms with E-state index in [2.05, 4.69) is 38.1 Å². The molecule has 2 N–H and O–H groups in total. The summed E-state index contributed by atoms with van der Waals surface area (Å²) in [4.78, 5) is 1.46. The first-order valence-corrected chi connectivity index (χ1v) is 8.53. The van der Waals surface area contributed by atoms with Gasteiger partial charge in [0, 0.05) is 16.2 Å². The first kappa shape index (κ1) is 13.5. The van der Waals surface area contributed by atoms with Crippen LogP contribution in [0.3, 0.4) is 0 Å². The molecule has 2 aliphatic rings. The molecule has 1 aliphatic heterocycles. The summed E-state index contributed by atoms with van der Waals surface area (Å²) in [5, 5.41) is 0.600. The summed E-state index contributed by atoms with van der Waals surface area (Å²) in [6, 6.07) is 9.17. The molecule has 19 heavy (non-hydrogen) atoms. The highest BCUT2D eigenvalue weighted by Gasteiger charge is 2.35. The minimum absolute atomic E-state index is 0.368. The van der Waals surface area contributed by atoms with Crippen LogP contribution in [0.15, 0.2) is 29.2 Å². The highest BCUT2D eigenvalue weighted by Crippen LogP contribution is 2.42. The van der Waals surface area contributed by atoms with Crippen molar-refractivity contribution < 1.29 is 0 Å². The summed E-state index contributed by atoms with van der Waals surface area (Å²) >= 11 is 2.01. The van der Waals surface area contributed by atoms with Crippen molar-refractivity contribution in [2.75, 3.05) is 0 Å². The Hall–Kier alpha value is -0.470. The van der Waals surface area contributed by atoms with Crippen LogP contribution in [0.1, 0.15) is 38.7 Å². The van der Waals surface area contributed by atoms with Gasteiger partial charge in [-0.25, -0.2) is 0 Å². The molecule has 2 heteroatoms. The maximum atomic E-state index is 6.62. The molecule has 0 aromatic heterocycles. The number of hydrogen-bond donors (Lipinski definition) is 1. The van der Waals surface area contributed by atoms with E-state index >= 15 is 0 Å². The van der Waals surface area contributed by atoms with Crippen LogP contribution >= 0.6 is 11.8 Å². The second-order valence-electron chi connectivity index (χ2n) is 6.57. The molecule has 0 bridgehead atoms. The van der Waals surface area contributed by atoms with Gasteiger partial charge in [-0.15, -0.1) is 11.8 Å². The number of thioether (sulfide) groups is 1. The van der Waals surface area contributed by atoms with Crippen LogP contribution < -0.4 is 5.73 Å². The summed E-state index contributed by atoms with van der Waals surface area (Å²) in [5.74, 6) is 2.47. The van der Waals surface area contributed by atoms with Gasteiger partial charge in [0.25, 0.3) is 0 Å². The highest BCUT2D eigenvalue weighted by molar-refractivity contribution is 8.00. The lowest BCUT2D eigenvalue weighted by atomic mass is 9.72. The van der Waals surface area contributed by atoms with Crippen LogP contribution in [0.2, 0.25) is 0 Å². The monoisotopic (exact) mass is 275 g/mol. The van der Waals surface area contributed by atoms with Crippen molar-refractivity contribution in [1.82, 2.24) is 0 Å². The molecule has 0 saturated heterocycles. The molecule has 3 rings (SSSR count). The zero-order chi connectivity index (χ0) is 13.4. The van der Waals surface area contributed by atoms with E-state index in [1.165, 1.54) is 36.1 Å². The minimum Gasteiger partial charge on any atom is -0.326 e. The molecular formula is C17H25NS. The number of hydrogen-bond acceptors (Lipinski definition) is 2. The topological polar surface area (TPSA) is 26.0 Å². The van der Waals surface area contributed by atoms with Gasteiger partial charge < -0.3 is 5.73 Å². The first-order valence-electron chi connectivity index (χ1n) is 7.65. The Morgan fingerprint density at radius 1 is 1.16 bits per heavy atom. The number of benzene rings is 1. The van der Waals surface area contributed by atoms with Gasteiger partial charge in [-0.3, -0.25) is 0 Å². The molecule has 1 heterocycles. The lowest BCUT2D eigenvalue weighted by molar-refractivity contribution is 0.184. The zero-order valence-corrected chi connectivity index (χ0v) is 12.8. The average molecular weight is 275 g/mol. The number of nitrogens with two attached hydrogens (primary N) is 1. The van der Waals surface area contributed by atoms with Crippen molar-refractivity contribution >= 4 is 11.8 Å². The van der Waals surface area contributed by atoms with Crippen LogP contribution in [0.4, 0.5) is 0 Å². The minimum atomic E-state index is 0.368. The van der Waals surface area contributed by atoms with Crippen LogP contribution in [0.25, 0.3) is 0 Å². The average Bonchev–Trinajstić information content (AvgIpc) is 2.85. The molecule has 0 amide bonds.